The average molecular weight is 593 g/mol. The van der Waals surface area contributed by atoms with Crippen molar-refractivity contribution < 1.29 is 24.1 Å². The highest BCUT2D eigenvalue weighted by Gasteiger charge is 2.12. The van der Waals surface area contributed by atoms with Gasteiger partial charge in [0.25, 0.3) is 0 Å². The Balaban J connectivity index is 0.000000360. The molecule has 0 bridgehead atoms. The largest absolute Gasteiger partial charge is 0.504 e. The number of aromatic nitrogens is 2. The minimum absolute atomic E-state index is 0.00463. The van der Waals surface area contributed by atoms with Gasteiger partial charge < -0.3 is 25.6 Å². The molecule has 228 valence electrons. The number of benzene rings is 2. The van der Waals surface area contributed by atoms with Crippen LogP contribution in [0.5, 0.6) is 11.5 Å². The number of nitrogens with zero attached hydrogens (tertiary/aromatic N) is 2. The van der Waals surface area contributed by atoms with Crippen LogP contribution in [0, 0.1) is 11.7 Å². The summed E-state index contributed by atoms with van der Waals surface area (Å²) in [5.41, 5.74) is 0.734. The van der Waals surface area contributed by atoms with E-state index < -0.39 is 5.82 Å². The lowest BCUT2D eigenvalue weighted by Gasteiger charge is -2.15. The number of hydrogen-bond acceptors (Lipinski definition) is 7. The second-order valence-electron chi connectivity index (χ2n) is 9.89. The van der Waals surface area contributed by atoms with E-state index in [-0.39, 0.29) is 28.5 Å². The van der Waals surface area contributed by atoms with E-state index >= 15 is 0 Å². The van der Waals surface area contributed by atoms with Gasteiger partial charge in [0.05, 0.1) is 29.4 Å². The number of aromatic hydroxyl groups is 1. The number of ether oxygens (including phenoxy) is 1. The van der Waals surface area contributed by atoms with Gasteiger partial charge in [-0.3, -0.25) is 4.79 Å². The molecule has 1 atom stereocenters. The van der Waals surface area contributed by atoms with Crippen LogP contribution in [0.1, 0.15) is 79.1 Å². The fourth-order valence-electron chi connectivity index (χ4n) is 3.91. The van der Waals surface area contributed by atoms with E-state index in [1.165, 1.54) is 64.6 Å². The highest BCUT2D eigenvalue weighted by molar-refractivity contribution is 6.31. The Morgan fingerprint density at radius 3 is 2.34 bits per heavy atom. The Kier molecular flexibility index (Phi) is 17.3. The van der Waals surface area contributed by atoms with Crippen LogP contribution in [0.2, 0.25) is 5.02 Å². The predicted octanol–water partition coefficient (Wildman–Crippen LogP) is 7.78. The Labute approximate surface area is 248 Å². The first kappa shape index (κ1) is 35.9. The molecule has 0 unspecified atom stereocenters. The van der Waals surface area contributed by atoms with E-state index in [1.54, 1.807) is 25.2 Å². The summed E-state index contributed by atoms with van der Waals surface area (Å²) in [4.78, 5) is 17.9. The first-order valence-electron chi connectivity index (χ1n) is 14.2. The zero-order valence-electron chi connectivity index (χ0n) is 25.1. The molecule has 1 amide bonds. The van der Waals surface area contributed by atoms with E-state index in [4.69, 9.17) is 21.4 Å². The summed E-state index contributed by atoms with van der Waals surface area (Å²) in [7, 11) is 3.05. The van der Waals surface area contributed by atoms with E-state index in [0.29, 0.717) is 22.5 Å². The number of amides is 1. The minimum Gasteiger partial charge on any atom is -0.504 e. The monoisotopic (exact) mass is 592 g/mol. The van der Waals surface area contributed by atoms with Crippen molar-refractivity contribution in [2.45, 2.75) is 85.2 Å². The zero-order chi connectivity index (χ0) is 30.8. The van der Waals surface area contributed by atoms with Crippen LogP contribution in [0.15, 0.2) is 36.7 Å². The molecule has 1 aliphatic carbocycles. The third-order valence-corrected chi connectivity index (χ3v) is 6.77. The molecule has 0 aliphatic heterocycles. The number of nitrogens with one attached hydrogen (secondary N) is 2. The quantitative estimate of drug-likeness (QED) is 0.231. The van der Waals surface area contributed by atoms with Crippen LogP contribution in [0.4, 0.5) is 15.9 Å². The summed E-state index contributed by atoms with van der Waals surface area (Å²) in [6.45, 7) is 7.92. The second kappa shape index (κ2) is 19.8. The number of carbonyl (C=O) groups is 1. The van der Waals surface area contributed by atoms with Crippen molar-refractivity contribution >= 4 is 39.9 Å². The van der Waals surface area contributed by atoms with Crippen molar-refractivity contribution in [2.24, 2.45) is 5.92 Å². The lowest BCUT2D eigenvalue weighted by molar-refractivity contribution is -0.118. The normalized spacial score (nSPS) is 13.3. The van der Waals surface area contributed by atoms with Gasteiger partial charge in [0, 0.05) is 25.4 Å². The van der Waals surface area contributed by atoms with E-state index in [9.17, 15) is 14.3 Å². The SMILES string of the molecule is CC1CCCCC1.CCC[C@@H](O)CC.CNC(C)=O.COc1cc2ncnc(Nc3cccc(Cl)c3F)c2cc1O. The molecule has 4 N–H and O–H groups in total. The molecule has 10 heteroatoms. The molecule has 1 fully saturated rings. The molecule has 1 aromatic heterocycles. The number of aliphatic hydroxyl groups is 1. The van der Waals surface area contributed by atoms with Crippen LogP contribution >= 0.6 is 11.6 Å². The summed E-state index contributed by atoms with van der Waals surface area (Å²) < 4.78 is 19.0. The lowest BCUT2D eigenvalue weighted by atomic mass is 9.91. The highest BCUT2D eigenvalue weighted by atomic mass is 35.5. The summed E-state index contributed by atoms with van der Waals surface area (Å²) in [6, 6.07) is 7.65. The van der Waals surface area contributed by atoms with Gasteiger partial charge in [-0.25, -0.2) is 14.4 Å². The third kappa shape index (κ3) is 13.4. The van der Waals surface area contributed by atoms with Crippen molar-refractivity contribution in [1.29, 1.82) is 0 Å². The van der Waals surface area contributed by atoms with Gasteiger partial charge >= 0.3 is 0 Å². The number of carbonyl (C=O) groups excluding carboxylic acids is 1. The minimum atomic E-state index is -0.575. The molecule has 1 heterocycles. The standard InChI is InChI=1S/C15H11ClFN3O2.C7H14.C6H14O.C3H7NO/c1-22-13-6-11-8(5-12(13)21)15(19-7-18-11)20-10-4-2-3-9(16)14(10)17;1-7-5-3-2-4-6-7;1-3-5-6(7)4-2;1-3(5)4-2/h2-7,21H,1H3,(H,18,19,20);7H,2-6H2,1H3;6-7H,3-5H2,1-2H3;1-2H3,(H,4,5)/t;;6-;/m..0./s1. The van der Waals surface area contributed by atoms with Gasteiger partial charge in [-0.1, -0.05) is 77.0 Å². The van der Waals surface area contributed by atoms with Crippen LogP contribution in [0.25, 0.3) is 10.9 Å². The van der Waals surface area contributed by atoms with Crippen molar-refractivity contribution in [2.75, 3.05) is 19.5 Å². The number of rotatable bonds is 6. The number of methoxy groups -OCH3 is 1. The van der Waals surface area contributed by atoms with Crippen LogP contribution in [-0.4, -0.2) is 46.3 Å². The smallest absolute Gasteiger partial charge is 0.216 e. The molecule has 0 radical (unpaired) electrons. The first-order chi connectivity index (χ1) is 19.6. The molecule has 1 aliphatic rings. The van der Waals surface area contributed by atoms with Gasteiger partial charge in [-0.15, -0.1) is 0 Å². The Hall–Kier alpha value is -3.17. The zero-order valence-corrected chi connectivity index (χ0v) is 25.9. The fraction of sp³-hybridized carbons (Fsp3) is 0.516. The van der Waals surface area contributed by atoms with Gasteiger partial charge in [-0.05, 0) is 37.0 Å². The Morgan fingerprint density at radius 1 is 1.20 bits per heavy atom. The summed E-state index contributed by atoms with van der Waals surface area (Å²) >= 11 is 5.76. The number of hydrogen-bond donors (Lipinski definition) is 4. The number of phenols is 1. The fourth-order valence-corrected chi connectivity index (χ4v) is 4.08. The Bertz CT molecular complexity index is 1190. The number of aliphatic hydroxyl groups excluding tert-OH is 1. The molecular weight excluding hydrogens is 547 g/mol. The molecule has 8 nitrogen and oxygen atoms in total. The van der Waals surface area contributed by atoms with Crippen molar-refractivity contribution in [3.8, 4) is 11.5 Å². The number of phenolic OH excluding ortho intramolecular Hbond substituents is 1. The summed E-state index contributed by atoms with van der Waals surface area (Å²) in [5, 5.41) is 24.5. The van der Waals surface area contributed by atoms with Gasteiger partial charge in [0.2, 0.25) is 5.91 Å². The summed E-state index contributed by atoms with van der Waals surface area (Å²) in [5.74, 6) is 1.06. The van der Waals surface area contributed by atoms with Crippen molar-refractivity contribution in [3.63, 3.8) is 0 Å². The molecular formula is C31H46ClFN4O4. The number of anilines is 2. The predicted molar refractivity (Wildman–Crippen MR) is 166 cm³/mol. The molecule has 0 saturated heterocycles. The second-order valence-corrected chi connectivity index (χ2v) is 10.3. The van der Waals surface area contributed by atoms with Crippen molar-refractivity contribution in [3.05, 3.63) is 47.5 Å². The average Bonchev–Trinajstić information content (AvgIpc) is 2.97. The number of halogens is 2. The van der Waals surface area contributed by atoms with Gasteiger partial charge in [0.15, 0.2) is 17.3 Å². The van der Waals surface area contributed by atoms with Crippen molar-refractivity contribution in [1.82, 2.24) is 15.3 Å². The molecule has 4 rings (SSSR count). The molecule has 41 heavy (non-hydrogen) atoms. The highest BCUT2D eigenvalue weighted by Crippen LogP contribution is 2.34. The molecule has 2 aromatic carbocycles. The molecule has 0 spiro atoms. The van der Waals surface area contributed by atoms with Crippen LogP contribution < -0.4 is 15.4 Å². The summed E-state index contributed by atoms with van der Waals surface area (Å²) in [6.07, 6.45) is 11.7. The maximum Gasteiger partial charge on any atom is 0.216 e. The number of fused-ring (bicyclic) bond motifs is 1. The molecule has 3 aromatic rings. The van der Waals surface area contributed by atoms with E-state index in [2.05, 4.69) is 34.4 Å². The first-order valence-corrected chi connectivity index (χ1v) is 14.5. The van der Waals surface area contributed by atoms with Crippen LogP contribution in [-0.2, 0) is 4.79 Å². The third-order valence-electron chi connectivity index (χ3n) is 6.48. The van der Waals surface area contributed by atoms with Crippen LogP contribution in [0.3, 0.4) is 0 Å². The topological polar surface area (TPSA) is 117 Å². The van der Waals surface area contributed by atoms with E-state index in [1.807, 2.05) is 6.92 Å². The van der Waals surface area contributed by atoms with Gasteiger partial charge in [0.1, 0.15) is 12.1 Å². The Morgan fingerprint density at radius 2 is 1.85 bits per heavy atom. The van der Waals surface area contributed by atoms with E-state index in [0.717, 1.165) is 25.2 Å². The maximum atomic E-state index is 14.0. The maximum absolute atomic E-state index is 14.0. The molecule has 1 saturated carbocycles. The lowest BCUT2D eigenvalue weighted by Crippen LogP contribution is -2.11. The van der Waals surface area contributed by atoms with Gasteiger partial charge in [-0.2, -0.15) is 0 Å².